The van der Waals surface area contributed by atoms with Crippen LogP contribution in [0.25, 0.3) is 76.5 Å². The summed E-state index contributed by atoms with van der Waals surface area (Å²) in [5.74, 6) is 1.69. The molecule has 0 saturated heterocycles. The van der Waals surface area contributed by atoms with Crippen LogP contribution in [0.2, 0.25) is 0 Å². The van der Waals surface area contributed by atoms with E-state index in [1.807, 2.05) is 42.5 Å². The molecule has 0 radical (unpaired) electrons. The van der Waals surface area contributed by atoms with Gasteiger partial charge < -0.3 is 4.74 Å². The summed E-state index contributed by atoms with van der Waals surface area (Å²) >= 11 is 0. The summed E-state index contributed by atoms with van der Waals surface area (Å²) in [5, 5.41) is 8.36. The number of hydrogen-bond acceptors (Lipinski definition) is 1. The first kappa shape index (κ1) is 18.0. The van der Waals surface area contributed by atoms with Crippen LogP contribution in [-0.4, -0.2) is 0 Å². The molecule has 1 aliphatic heterocycles. The monoisotopic (exact) mass is 525 g/mol. The predicted molar refractivity (Wildman–Crippen MR) is 173 cm³/mol. The van der Waals surface area contributed by atoms with E-state index in [1.165, 1.54) is 0 Å². The molecule has 0 amide bonds. The van der Waals surface area contributed by atoms with Crippen LogP contribution in [0.15, 0.2) is 145 Å². The molecular weight excluding hydrogens is 496 g/mol. The quantitative estimate of drug-likeness (QED) is 0.161. The molecule has 0 unspecified atom stereocenters. The summed E-state index contributed by atoms with van der Waals surface area (Å²) in [6.45, 7) is 0. The van der Waals surface area contributed by atoms with Crippen LogP contribution in [0.3, 0.4) is 0 Å². The minimum Gasteiger partial charge on any atom is -0.456 e. The van der Waals surface area contributed by atoms with Gasteiger partial charge in [0.2, 0.25) is 0 Å². The van der Waals surface area contributed by atoms with E-state index in [9.17, 15) is 0 Å². The number of ether oxygens (including phenoxy) is 1. The first-order chi connectivity index (χ1) is 22.4. The Hall–Kier alpha value is -5.40. The van der Waals surface area contributed by atoms with E-state index in [1.54, 1.807) is 0 Å². The van der Waals surface area contributed by atoms with Gasteiger partial charge in [0.05, 0.1) is 6.85 Å². The Bertz CT molecular complexity index is 2590. The fourth-order valence-electron chi connectivity index (χ4n) is 6.54. The zero-order valence-electron chi connectivity index (χ0n) is 26.9. The van der Waals surface area contributed by atoms with E-state index >= 15 is 0 Å². The lowest BCUT2D eigenvalue weighted by molar-refractivity contribution is 0.487. The lowest BCUT2D eigenvalue weighted by Crippen LogP contribution is -1.97. The highest BCUT2D eigenvalue weighted by atomic mass is 16.5. The Balaban J connectivity index is 1.34. The molecule has 1 heteroatoms. The Morgan fingerprint density at radius 1 is 0.439 bits per heavy atom. The van der Waals surface area contributed by atoms with Crippen LogP contribution in [0, 0.1) is 0 Å². The molecule has 8 aromatic rings. The van der Waals surface area contributed by atoms with E-state index in [2.05, 4.69) is 72.8 Å². The van der Waals surface area contributed by atoms with Crippen LogP contribution in [0.4, 0.5) is 0 Å². The number of benzene rings is 8. The van der Waals surface area contributed by atoms with Gasteiger partial charge in [-0.2, -0.15) is 0 Å². The molecule has 1 heterocycles. The van der Waals surface area contributed by atoms with Crippen molar-refractivity contribution in [1.82, 2.24) is 0 Å². The molecule has 0 saturated carbocycles. The van der Waals surface area contributed by atoms with Gasteiger partial charge in [0.25, 0.3) is 0 Å². The second-order valence-electron chi connectivity index (χ2n) is 10.5. The molecule has 8 aromatic carbocycles. The van der Waals surface area contributed by atoms with Gasteiger partial charge >= 0.3 is 0 Å². The number of fused-ring (bicyclic) bond motifs is 6. The Morgan fingerprint density at radius 3 is 2.12 bits per heavy atom. The number of rotatable bonds is 2. The highest BCUT2D eigenvalue weighted by Crippen LogP contribution is 2.49. The number of hydrogen-bond donors (Lipinski definition) is 0. The van der Waals surface area contributed by atoms with Crippen molar-refractivity contribution in [2.24, 2.45) is 0 Å². The van der Waals surface area contributed by atoms with Crippen LogP contribution in [-0.2, 0) is 0 Å². The molecule has 0 atom stereocenters. The summed E-state index contributed by atoms with van der Waals surface area (Å²) in [5.41, 5.74) is 5.20. The van der Waals surface area contributed by atoms with Crippen molar-refractivity contribution >= 4 is 43.1 Å². The van der Waals surface area contributed by atoms with Crippen molar-refractivity contribution in [3.05, 3.63) is 145 Å². The zero-order valence-corrected chi connectivity index (χ0v) is 21.9. The van der Waals surface area contributed by atoms with Crippen LogP contribution in [0.1, 0.15) is 6.85 Å². The van der Waals surface area contributed by atoms with Crippen molar-refractivity contribution in [3.63, 3.8) is 0 Å². The largest absolute Gasteiger partial charge is 0.456 e. The van der Waals surface area contributed by atoms with Gasteiger partial charge in [0, 0.05) is 10.9 Å². The van der Waals surface area contributed by atoms with Crippen molar-refractivity contribution in [2.45, 2.75) is 0 Å². The molecule has 0 fully saturated rings. The van der Waals surface area contributed by atoms with E-state index in [0.717, 1.165) is 76.8 Å². The van der Waals surface area contributed by atoms with E-state index in [-0.39, 0.29) is 29.7 Å². The maximum atomic E-state index is 8.65. The molecule has 41 heavy (non-hydrogen) atoms. The smallest absolute Gasteiger partial charge is 0.135 e. The van der Waals surface area contributed by atoms with E-state index in [0.29, 0.717) is 5.56 Å². The maximum absolute atomic E-state index is 8.65. The molecule has 0 N–H and O–H groups in total. The lowest BCUT2D eigenvalue weighted by Gasteiger charge is -2.22. The second-order valence-corrected chi connectivity index (χ2v) is 10.5. The minimum absolute atomic E-state index is 0.203. The summed E-state index contributed by atoms with van der Waals surface area (Å²) < 4.78 is 48.3. The summed E-state index contributed by atoms with van der Waals surface area (Å²) in [6, 6.07) is 38.0. The first-order valence-corrected chi connectivity index (χ1v) is 13.7. The third kappa shape index (κ3) is 3.30. The lowest BCUT2D eigenvalue weighted by atomic mass is 9.86. The van der Waals surface area contributed by atoms with Gasteiger partial charge in [0.15, 0.2) is 0 Å². The Labute approximate surface area is 244 Å². The third-order valence-corrected chi connectivity index (χ3v) is 8.32. The van der Waals surface area contributed by atoms with Gasteiger partial charge in [-0.1, -0.05) is 121 Å². The molecule has 1 aliphatic rings. The van der Waals surface area contributed by atoms with Crippen LogP contribution < -0.4 is 4.74 Å². The Morgan fingerprint density at radius 2 is 1.20 bits per heavy atom. The fourth-order valence-corrected chi connectivity index (χ4v) is 6.54. The molecule has 9 rings (SSSR count). The molecule has 190 valence electrons. The summed E-state index contributed by atoms with van der Waals surface area (Å²) in [6.07, 6.45) is 0. The Kier molecular flexibility index (Phi) is 3.76. The molecular formula is C40H24O. The highest BCUT2D eigenvalue weighted by molar-refractivity contribution is 6.22. The van der Waals surface area contributed by atoms with Gasteiger partial charge in [0.1, 0.15) is 11.5 Å². The molecule has 0 bridgehead atoms. The fraction of sp³-hybridized carbons (Fsp3) is 0. The van der Waals surface area contributed by atoms with Crippen molar-refractivity contribution in [3.8, 4) is 44.9 Å². The van der Waals surface area contributed by atoms with Gasteiger partial charge in [-0.05, 0) is 89.8 Å². The van der Waals surface area contributed by atoms with Crippen molar-refractivity contribution in [2.75, 3.05) is 0 Å². The van der Waals surface area contributed by atoms with E-state index < -0.39 is 6.04 Å². The van der Waals surface area contributed by atoms with Gasteiger partial charge in [-0.15, -0.1) is 0 Å². The highest BCUT2D eigenvalue weighted by Gasteiger charge is 2.21. The average molecular weight is 526 g/mol. The van der Waals surface area contributed by atoms with E-state index in [4.69, 9.17) is 11.6 Å². The van der Waals surface area contributed by atoms with Crippen molar-refractivity contribution < 1.29 is 11.6 Å². The molecule has 0 aromatic heterocycles. The van der Waals surface area contributed by atoms with Crippen molar-refractivity contribution in [1.29, 1.82) is 0 Å². The zero-order chi connectivity index (χ0) is 31.3. The summed E-state index contributed by atoms with van der Waals surface area (Å²) in [7, 11) is 0. The van der Waals surface area contributed by atoms with Gasteiger partial charge in [-0.25, -0.2) is 0 Å². The van der Waals surface area contributed by atoms with Crippen LogP contribution >= 0.6 is 0 Å². The van der Waals surface area contributed by atoms with Gasteiger partial charge in [-0.3, -0.25) is 0 Å². The predicted octanol–water partition coefficient (Wildman–Crippen LogP) is 11.4. The molecule has 0 spiro atoms. The maximum Gasteiger partial charge on any atom is 0.135 e. The first-order valence-electron chi connectivity index (χ1n) is 16.2. The normalized spacial score (nSPS) is 13.8. The minimum atomic E-state index is -0.393. The van der Waals surface area contributed by atoms with Crippen LogP contribution in [0.5, 0.6) is 11.5 Å². The topological polar surface area (TPSA) is 9.23 Å². The molecule has 1 nitrogen and oxygen atoms in total. The molecule has 0 aliphatic carbocycles. The standard InChI is InChI=1S/C40H24O/c1-2-9-25(10-3-1)29-15-8-16-31-32(29)20-21-34-35(31)23-27-11-4-5-14-30(27)39(34)28-19-22-37-36(24-28)33-17-6-12-26-13-7-18-38(41-37)40(26)33/h1-24H/i1D,2D,3D,9D,10D. The SMILES string of the molecule is [2H]c1c([2H])c([2H])c(-c2cccc3c2ccc2c(-c4ccc5c(c4)-c4cccc6cccc(c46)O5)c4ccccc4cc23)c([2H])c1[2H]. The summed E-state index contributed by atoms with van der Waals surface area (Å²) in [4.78, 5) is 0. The third-order valence-electron chi connectivity index (χ3n) is 8.32. The average Bonchev–Trinajstić information content (AvgIpc) is 3.09. The second kappa shape index (κ2) is 8.55.